The van der Waals surface area contributed by atoms with E-state index in [0.717, 1.165) is 19.4 Å². The molecule has 0 fully saturated rings. The van der Waals surface area contributed by atoms with Gasteiger partial charge in [0.15, 0.2) is 0 Å². The molecule has 5 heteroatoms. The number of rotatable bonds is 9. The Hall–Kier alpha value is -1.26. The molecule has 0 heterocycles. The molecule has 0 aromatic rings. The molecule has 2 amide bonds. The van der Waals surface area contributed by atoms with Crippen LogP contribution in [0.3, 0.4) is 0 Å². The molecule has 1 atom stereocenters. The number of hydrogen-bond donors (Lipinski definition) is 2. The third-order valence-electron chi connectivity index (χ3n) is 2.97. The summed E-state index contributed by atoms with van der Waals surface area (Å²) in [6, 6.07) is -0.0940. The number of urea groups is 1. The Labute approximate surface area is 116 Å². The first kappa shape index (κ1) is 17.7. The summed E-state index contributed by atoms with van der Waals surface area (Å²) in [6.45, 7) is 9.94. The number of nitrogens with zero attached hydrogens (tertiary/aromatic N) is 1. The van der Waals surface area contributed by atoms with Gasteiger partial charge in [0.1, 0.15) is 0 Å². The number of nitrogens with one attached hydrogen (secondary N) is 1. The lowest BCUT2D eigenvalue weighted by atomic mass is 9.94. The third-order valence-corrected chi connectivity index (χ3v) is 2.97. The molecule has 2 N–H and O–H groups in total. The molecule has 0 bridgehead atoms. The molecule has 0 aromatic carbocycles. The normalized spacial score (nSPS) is 12.3. The summed E-state index contributed by atoms with van der Waals surface area (Å²) in [5.74, 6) is -0.373. The van der Waals surface area contributed by atoms with E-state index in [-0.39, 0.29) is 18.4 Å². The van der Waals surface area contributed by atoms with E-state index in [1.165, 1.54) is 0 Å². The van der Waals surface area contributed by atoms with Crippen LogP contribution in [-0.2, 0) is 4.79 Å². The highest BCUT2D eigenvalue weighted by Gasteiger charge is 2.17. The van der Waals surface area contributed by atoms with E-state index in [9.17, 15) is 9.59 Å². The lowest BCUT2D eigenvalue weighted by molar-refractivity contribution is -0.138. The Balaban J connectivity index is 4.28. The Morgan fingerprint density at radius 3 is 2.32 bits per heavy atom. The van der Waals surface area contributed by atoms with Crippen molar-refractivity contribution in [3.8, 4) is 0 Å². The Kier molecular flexibility index (Phi) is 9.00. The largest absolute Gasteiger partial charge is 0.481 e. The number of aliphatic carboxylic acids is 1. The molecule has 0 rings (SSSR count). The predicted molar refractivity (Wildman–Crippen MR) is 76.1 cm³/mol. The zero-order valence-corrected chi connectivity index (χ0v) is 12.6. The molecule has 0 aliphatic carbocycles. The highest BCUT2D eigenvalue weighted by Crippen LogP contribution is 2.14. The first-order chi connectivity index (χ1) is 8.90. The minimum absolute atomic E-state index is 0.00165. The van der Waals surface area contributed by atoms with Gasteiger partial charge in [-0.25, -0.2) is 4.79 Å². The van der Waals surface area contributed by atoms with Crippen molar-refractivity contribution in [3.05, 3.63) is 0 Å². The standard InChI is InChI=1S/C14H28N2O3/c1-5-7-16(6-2)14(19)15-10-12(8-11(3)4)9-13(17)18/h11-12H,5-10H2,1-4H3,(H,15,19)(H,17,18)/t12-/m0/s1. The average molecular weight is 272 g/mol. The lowest BCUT2D eigenvalue weighted by Gasteiger charge is -2.23. The maximum atomic E-state index is 11.9. The van der Waals surface area contributed by atoms with E-state index in [4.69, 9.17) is 5.11 Å². The van der Waals surface area contributed by atoms with Crippen molar-refractivity contribution in [1.82, 2.24) is 10.2 Å². The molecular formula is C14H28N2O3. The van der Waals surface area contributed by atoms with Gasteiger partial charge >= 0.3 is 12.0 Å². The van der Waals surface area contributed by atoms with Gasteiger partial charge in [0.05, 0.1) is 0 Å². The van der Waals surface area contributed by atoms with Crippen LogP contribution in [0, 0.1) is 11.8 Å². The van der Waals surface area contributed by atoms with Crippen molar-refractivity contribution < 1.29 is 14.7 Å². The minimum Gasteiger partial charge on any atom is -0.481 e. The van der Waals surface area contributed by atoms with Gasteiger partial charge in [-0.15, -0.1) is 0 Å². The van der Waals surface area contributed by atoms with Crippen LogP contribution in [0.15, 0.2) is 0 Å². The topological polar surface area (TPSA) is 69.6 Å². The summed E-state index contributed by atoms with van der Waals surface area (Å²) in [6.07, 6.45) is 1.84. The molecule has 112 valence electrons. The highest BCUT2D eigenvalue weighted by atomic mass is 16.4. The molecule has 0 radical (unpaired) electrons. The smallest absolute Gasteiger partial charge is 0.317 e. The van der Waals surface area contributed by atoms with Crippen molar-refractivity contribution >= 4 is 12.0 Å². The van der Waals surface area contributed by atoms with Crippen LogP contribution >= 0.6 is 0 Å². The Morgan fingerprint density at radius 2 is 1.89 bits per heavy atom. The maximum absolute atomic E-state index is 11.9. The zero-order chi connectivity index (χ0) is 14.8. The fraction of sp³-hybridized carbons (Fsp3) is 0.857. The van der Waals surface area contributed by atoms with E-state index in [0.29, 0.717) is 19.0 Å². The summed E-state index contributed by atoms with van der Waals surface area (Å²) in [5.41, 5.74) is 0. The van der Waals surface area contributed by atoms with Gasteiger partial charge in [-0.2, -0.15) is 0 Å². The summed E-state index contributed by atoms with van der Waals surface area (Å²) < 4.78 is 0. The molecule has 5 nitrogen and oxygen atoms in total. The van der Waals surface area contributed by atoms with Gasteiger partial charge in [0.2, 0.25) is 0 Å². The Bertz CT molecular complexity index is 280. The second-order valence-corrected chi connectivity index (χ2v) is 5.36. The summed E-state index contributed by atoms with van der Waals surface area (Å²) in [4.78, 5) is 24.5. The number of carboxylic acid groups (broad SMARTS) is 1. The predicted octanol–water partition coefficient (Wildman–Crippen LogP) is 2.56. The monoisotopic (exact) mass is 272 g/mol. The van der Waals surface area contributed by atoms with Gasteiger partial charge < -0.3 is 15.3 Å². The van der Waals surface area contributed by atoms with Gasteiger partial charge in [-0.1, -0.05) is 20.8 Å². The third kappa shape index (κ3) is 8.46. The second kappa shape index (κ2) is 9.64. The highest BCUT2D eigenvalue weighted by molar-refractivity contribution is 5.74. The fourth-order valence-corrected chi connectivity index (χ4v) is 2.17. The van der Waals surface area contributed by atoms with Crippen LogP contribution in [0.25, 0.3) is 0 Å². The molecule has 0 saturated heterocycles. The van der Waals surface area contributed by atoms with Gasteiger partial charge in [-0.05, 0) is 31.6 Å². The quantitative estimate of drug-likeness (QED) is 0.677. The van der Waals surface area contributed by atoms with Crippen molar-refractivity contribution in [3.63, 3.8) is 0 Å². The van der Waals surface area contributed by atoms with Crippen LogP contribution < -0.4 is 5.32 Å². The van der Waals surface area contributed by atoms with Crippen LogP contribution in [0.1, 0.15) is 47.0 Å². The molecule has 0 aliphatic heterocycles. The van der Waals surface area contributed by atoms with E-state index in [1.54, 1.807) is 4.90 Å². The van der Waals surface area contributed by atoms with Crippen LogP contribution in [-0.4, -0.2) is 41.6 Å². The second-order valence-electron chi connectivity index (χ2n) is 5.36. The SMILES string of the molecule is CCCN(CC)C(=O)NC[C@H](CC(=O)O)CC(C)C. The van der Waals surface area contributed by atoms with Crippen molar-refractivity contribution in [1.29, 1.82) is 0 Å². The maximum Gasteiger partial charge on any atom is 0.317 e. The molecule has 0 aromatic heterocycles. The van der Waals surface area contributed by atoms with E-state index in [1.807, 2.05) is 13.8 Å². The van der Waals surface area contributed by atoms with Gasteiger partial charge in [0, 0.05) is 26.1 Å². The number of carbonyl (C=O) groups is 2. The average Bonchev–Trinajstić information content (AvgIpc) is 2.31. The van der Waals surface area contributed by atoms with Crippen molar-refractivity contribution in [2.45, 2.75) is 47.0 Å². The van der Waals surface area contributed by atoms with Crippen molar-refractivity contribution in [2.24, 2.45) is 11.8 Å². The molecule has 0 unspecified atom stereocenters. The first-order valence-electron chi connectivity index (χ1n) is 7.15. The van der Waals surface area contributed by atoms with Gasteiger partial charge in [0.25, 0.3) is 0 Å². The molecule has 0 aliphatic rings. The number of amides is 2. The fourth-order valence-electron chi connectivity index (χ4n) is 2.17. The van der Waals surface area contributed by atoms with Crippen LogP contribution in [0.4, 0.5) is 4.79 Å². The van der Waals surface area contributed by atoms with E-state index >= 15 is 0 Å². The zero-order valence-electron chi connectivity index (χ0n) is 12.6. The minimum atomic E-state index is -0.805. The van der Waals surface area contributed by atoms with Gasteiger partial charge in [-0.3, -0.25) is 4.79 Å². The first-order valence-corrected chi connectivity index (χ1v) is 7.15. The number of hydrogen-bond acceptors (Lipinski definition) is 2. The molecule has 19 heavy (non-hydrogen) atoms. The summed E-state index contributed by atoms with van der Waals surface area (Å²) >= 11 is 0. The summed E-state index contributed by atoms with van der Waals surface area (Å²) in [5, 5.41) is 11.7. The summed E-state index contributed by atoms with van der Waals surface area (Å²) in [7, 11) is 0. The lowest BCUT2D eigenvalue weighted by Crippen LogP contribution is -2.42. The van der Waals surface area contributed by atoms with Crippen molar-refractivity contribution in [2.75, 3.05) is 19.6 Å². The van der Waals surface area contributed by atoms with E-state index in [2.05, 4.69) is 19.2 Å². The van der Waals surface area contributed by atoms with Crippen LogP contribution in [0.5, 0.6) is 0 Å². The Morgan fingerprint density at radius 1 is 1.26 bits per heavy atom. The molecular weight excluding hydrogens is 244 g/mol. The number of carbonyl (C=O) groups excluding carboxylic acids is 1. The van der Waals surface area contributed by atoms with Crippen LogP contribution in [0.2, 0.25) is 0 Å². The molecule has 0 saturated carbocycles. The van der Waals surface area contributed by atoms with E-state index < -0.39 is 5.97 Å². The number of carboxylic acids is 1. The molecule has 0 spiro atoms.